The van der Waals surface area contributed by atoms with Crippen LogP contribution in [0.25, 0.3) is 0 Å². The van der Waals surface area contributed by atoms with Crippen molar-refractivity contribution in [3.8, 4) is 0 Å². The molecule has 0 fully saturated rings. The van der Waals surface area contributed by atoms with Crippen LogP contribution in [0.1, 0.15) is 11.1 Å². The summed E-state index contributed by atoms with van der Waals surface area (Å²) in [6.07, 6.45) is -4.37. The maximum absolute atomic E-state index is 12.5. The molecule has 2 N–H and O–H groups in total. The van der Waals surface area contributed by atoms with Crippen molar-refractivity contribution in [3.05, 3.63) is 25.2 Å². The second-order valence-corrected chi connectivity index (χ2v) is 4.77. The Morgan fingerprint density at radius 2 is 1.93 bits per heavy atom. The summed E-state index contributed by atoms with van der Waals surface area (Å²) in [5.74, 6) is 0. The summed E-state index contributed by atoms with van der Waals surface area (Å²) in [4.78, 5) is 0. The molecule has 14 heavy (non-hydrogen) atoms. The smallest absolute Gasteiger partial charge is 0.398 e. The molecule has 78 valence electrons. The SMILES string of the molecule is Cc1c(N)c(I)cc(Br)c1C(F)(F)F. The predicted octanol–water partition coefficient (Wildman–Crippen LogP) is 3.96. The number of alkyl halides is 3. The first kappa shape index (κ1) is 12.1. The highest BCUT2D eigenvalue weighted by molar-refractivity contribution is 14.1. The molecule has 1 nitrogen and oxygen atoms in total. The Labute approximate surface area is 101 Å². The van der Waals surface area contributed by atoms with Gasteiger partial charge in [0.25, 0.3) is 0 Å². The molecular weight excluding hydrogens is 374 g/mol. The lowest BCUT2D eigenvalue weighted by atomic mass is 10.1. The minimum atomic E-state index is -4.37. The van der Waals surface area contributed by atoms with Crippen LogP contribution in [0.15, 0.2) is 10.5 Å². The molecule has 1 aromatic rings. The Hall–Kier alpha value is 0.0200. The highest BCUT2D eigenvalue weighted by Crippen LogP contribution is 2.40. The van der Waals surface area contributed by atoms with Gasteiger partial charge in [-0.15, -0.1) is 0 Å². The van der Waals surface area contributed by atoms with E-state index in [1.165, 1.54) is 13.0 Å². The van der Waals surface area contributed by atoms with E-state index in [9.17, 15) is 13.2 Å². The van der Waals surface area contributed by atoms with Gasteiger partial charge in [0.15, 0.2) is 0 Å². The number of hydrogen-bond acceptors (Lipinski definition) is 1. The zero-order valence-electron chi connectivity index (χ0n) is 7.04. The third-order valence-corrected chi connectivity index (χ3v) is 3.33. The average molecular weight is 380 g/mol. The molecule has 0 spiro atoms. The van der Waals surface area contributed by atoms with Crippen LogP contribution in [-0.2, 0) is 6.18 Å². The fourth-order valence-corrected chi connectivity index (χ4v) is 3.00. The number of halogens is 5. The third-order valence-electron chi connectivity index (χ3n) is 1.81. The number of nitrogen functional groups attached to an aromatic ring is 1. The molecule has 0 unspecified atom stereocenters. The molecule has 0 radical (unpaired) electrons. The molecule has 0 aliphatic rings. The van der Waals surface area contributed by atoms with Crippen molar-refractivity contribution in [2.24, 2.45) is 0 Å². The quantitative estimate of drug-likeness (QED) is 0.535. The van der Waals surface area contributed by atoms with Gasteiger partial charge in [-0.2, -0.15) is 13.2 Å². The van der Waals surface area contributed by atoms with Crippen molar-refractivity contribution >= 4 is 44.2 Å². The van der Waals surface area contributed by atoms with Crippen LogP contribution in [0.5, 0.6) is 0 Å². The van der Waals surface area contributed by atoms with E-state index in [0.29, 0.717) is 3.57 Å². The van der Waals surface area contributed by atoms with Gasteiger partial charge in [0.1, 0.15) is 0 Å². The lowest BCUT2D eigenvalue weighted by molar-refractivity contribution is -0.138. The molecule has 0 saturated carbocycles. The first-order valence-electron chi connectivity index (χ1n) is 3.56. The topological polar surface area (TPSA) is 26.0 Å². The van der Waals surface area contributed by atoms with Gasteiger partial charge in [-0.3, -0.25) is 0 Å². The lowest BCUT2D eigenvalue weighted by Crippen LogP contribution is -2.11. The van der Waals surface area contributed by atoms with E-state index in [-0.39, 0.29) is 15.7 Å². The van der Waals surface area contributed by atoms with Crippen LogP contribution < -0.4 is 5.73 Å². The molecule has 0 amide bonds. The van der Waals surface area contributed by atoms with Gasteiger partial charge in [0.2, 0.25) is 0 Å². The van der Waals surface area contributed by atoms with Gasteiger partial charge in [-0.25, -0.2) is 0 Å². The van der Waals surface area contributed by atoms with E-state index in [1.807, 2.05) is 22.6 Å². The van der Waals surface area contributed by atoms with E-state index in [4.69, 9.17) is 5.73 Å². The maximum atomic E-state index is 12.5. The van der Waals surface area contributed by atoms with Gasteiger partial charge < -0.3 is 5.73 Å². The minimum absolute atomic E-state index is 0.0288. The number of hydrogen-bond donors (Lipinski definition) is 1. The largest absolute Gasteiger partial charge is 0.417 e. The maximum Gasteiger partial charge on any atom is 0.417 e. The molecule has 0 aromatic heterocycles. The number of rotatable bonds is 0. The Kier molecular flexibility index (Phi) is 3.35. The van der Waals surface area contributed by atoms with Crippen molar-refractivity contribution in [1.29, 1.82) is 0 Å². The Morgan fingerprint density at radius 1 is 1.43 bits per heavy atom. The summed E-state index contributed by atoms with van der Waals surface area (Å²) in [7, 11) is 0. The van der Waals surface area contributed by atoms with Gasteiger partial charge >= 0.3 is 6.18 Å². The molecule has 1 rings (SSSR count). The summed E-state index contributed by atoms with van der Waals surface area (Å²) < 4.78 is 38.2. The van der Waals surface area contributed by atoms with Gasteiger partial charge in [-0.1, -0.05) is 15.9 Å². The van der Waals surface area contributed by atoms with Crippen LogP contribution in [0, 0.1) is 10.5 Å². The first-order chi connectivity index (χ1) is 6.25. The molecule has 6 heteroatoms. The molecule has 1 aromatic carbocycles. The van der Waals surface area contributed by atoms with Crippen molar-refractivity contribution < 1.29 is 13.2 Å². The molecule has 0 bridgehead atoms. The van der Waals surface area contributed by atoms with Gasteiger partial charge in [0, 0.05) is 13.7 Å². The van der Waals surface area contributed by atoms with Crippen molar-refractivity contribution in [2.75, 3.05) is 5.73 Å². The molecule has 0 aliphatic carbocycles. The minimum Gasteiger partial charge on any atom is -0.398 e. The fourth-order valence-electron chi connectivity index (χ4n) is 1.10. The standard InChI is InChI=1S/C8H6BrF3IN/c1-3-6(8(10,11)12)4(9)2-5(13)7(3)14/h2H,14H2,1H3. The van der Waals surface area contributed by atoms with Crippen molar-refractivity contribution in [1.82, 2.24) is 0 Å². The van der Waals surface area contributed by atoms with Gasteiger partial charge in [0.05, 0.1) is 5.56 Å². The van der Waals surface area contributed by atoms with Gasteiger partial charge in [-0.05, 0) is 41.1 Å². The summed E-state index contributed by atoms with van der Waals surface area (Å²) in [6.45, 7) is 1.37. The Bertz CT molecular complexity index is 376. The molecule has 0 atom stereocenters. The Morgan fingerprint density at radius 3 is 2.36 bits per heavy atom. The first-order valence-corrected chi connectivity index (χ1v) is 5.43. The van der Waals surface area contributed by atoms with Crippen LogP contribution in [-0.4, -0.2) is 0 Å². The monoisotopic (exact) mass is 379 g/mol. The second kappa shape index (κ2) is 3.88. The van der Waals surface area contributed by atoms with E-state index in [0.717, 1.165) is 0 Å². The molecule has 0 heterocycles. The van der Waals surface area contributed by atoms with Crippen LogP contribution in [0.2, 0.25) is 0 Å². The zero-order chi connectivity index (χ0) is 11.1. The van der Waals surface area contributed by atoms with E-state index in [1.54, 1.807) is 0 Å². The normalized spacial score (nSPS) is 11.9. The number of nitrogens with two attached hydrogens (primary N) is 1. The Balaban J connectivity index is 3.53. The molecule has 0 saturated heterocycles. The molecule has 0 aliphatic heterocycles. The third kappa shape index (κ3) is 2.16. The second-order valence-electron chi connectivity index (χ2n) is 2.75. The van der Waals surface area contributed by atoms with E-state index in [2.05, 4.69) is 15.9 Å². The van der Waals surface area contributed by atoms with E-state index >= 15 is 0 Å². The highest BCUT2D eigenvalue weighted by atomic mass is 127. The summed E-state index contributed by atoms with van der Waals surface area (Å²) in [5, 5.41) is 0. The van der Waals surface area contributed by atoms with Crippen LogP contribution in [0.4, 0.5) is 18.9 Å². The molecular formula is C8H6BrF3IN. The summed E-state index contributed by atoms with van der Waals surface area (Å²) in [6, 6.07) is 1.37. The predicted molar refractivity (Wildman–Crippen MR) is 61.0 cm³/mol. The zero-order valence-corrected chi connectivity index (χ0v) is 10.8. The van der Waals surface area contributed by atoms with Crippen molar-refractivity contribution in [2.45, 2.75) is 13.1 Å². The summed E-state index contributed by atoms with van der Waals surface area (Å²) >= 11 is 4.79. The van der Waals surface area contributed by atoms with E-state index < -0.39 is 11.7 Å². The average Bonchev–Trinajstić information content (AvgIpc) is 1.97. The van der Waals surface area contributed by atoms with Crippen LogP contribution >= 0.6 is 38.5 Å². The number of benzene rings is 1. The summed E-state index contributed by atoms with van der Waals surface area (Å²) in [5.41, 5.74) is 5.07. The lowest BCUT2D eigenvalue weighted by Gasteiger charge is -2.15. The number of anilines is 1. The van der Waals surface area contributed by atoms with Crippen LogP contribution in [0.3, 0.4) is 0 Å². The fraction of sp³-hybridized carbons (Fsp3) is 0.250. The highest BCUT2D eigenvalue weighted by Gasteiger charge is 2.35. The van der Waals surface area contributed by atoms with Crippen molar-refractivity contribution in [3.63, 3.8) is 0 Å².